The Morgan fingerprint density at radius 2 is 1.76 bits per heavy atom. The van der Waals surface area contributed by atoms with Gasteiger partial charge in [0.25, 0.3) is 0 Å². The molecule has 0 unspecified atom stereocenters. The van der Waals surface area contributed by atoms with Crippen LogP contribution in [0.25, 0.3) is 0 Å². The quantitative estimate of drug-likeness (QED) is 0.754. The third kappa shape index (κ3) is 4.19. The molecule has 0 bridgehead atoms. The maximum Gasteiger partial charge on any atom is 0.339 e. The molecule has 2 fully saturated rings. The van der Waals surface area contributed by atoms with Gasteiger partial charge in [0.1, 0.15) is 5.82 Å². The maximum absolute atomic E-state index is 12.5. The van der Waals surface area contributed by atoms with E-state index in [1.807, 2.05) is 15.9 Å². The fraction of sp³-hybridized carbons (Fsp3) is 0.588. The number of nitrogens with zero attached hydrogens (tertiary/aromatic N) is 4. The Bertz CT molecular complexity index is 593. The molecular formula is C17H24N4O4. The lowest BCUT2D eigenvalue weighted by Gasteiger charge is -2.38. The average molecular weight is 348 g/mol. The molecule has 2 amide bonds. The van der Waals surface area contributed by atoms with Crippen molar-refractivity contribution in [3.05, 3.63) is 23.9 Å². The van der Waals surface area contributed by atoms with Crippen LogP contribution in [0.5, 0.6) is 0 Å². The zero-order valence-electron chi connectivity index (χ0n) is 14.5. The van der Waals surface area contributed by atoms with Gasteiger partial charge < -0.3 is 24.2 Å². The first-order chi connectivity index (χ1) is 12.2. The number of aromatic nitrogens is 1. The third-order valence-corrected chi connectivity index (χ3v) is 4.41. The van der Waals surface area contributed by atoms with Gasteiger partial charge in [-0.3, -0.25) is 0 Å². The molecule has 0 atom stereocenters. The molecule has 1 aromatic rings. The lowest BCUT2D eigenvalue weighted by molar-refractivity contribution is 0.0428. The van der Waals surface area contributed by atoms with E-state index in [4.69, 9.17) is 9.47 Å². The summed E-state index contributed by atoms with van der Waals surface area (Å²) in [6.45, 7) is 7.45. The van der Waals surface area contributed by atoms with Crippen molar-refractivity contribution in [1.82, 2.24) is 14.8 Å². The SMILES string of the molecule is CCOC(=O)c1ccc(N2CCN(C(=O)N3CCOCC3)CC2)nc1. The average Bonchev–Trinajstić information content (AvgIpc) is 2.68. The number of piperazine rings is 1. The number of ether oxygens (including phenoxy) is 2. The summed E-state index contributed by atoms with van der Waals surface area (Å²) in [6, 6.07) is 3.64. The largest absolute Gasteiger partial charge is 0.462 e. The molecular weight excluding hydrogens is 324 g/mol. The Balaban J connectivity index is 1.53. The standard InChI is InChI=1S/C17H24N4O4/c1-2-25-16(22)14-3-4-15(18-13-14)19-5-7-20(8-6-19)17(23)21-9-11-24-12-10-21/h3-4,13H,2,5-12H2,1H3. The Kier molecular flexibility index (Phi) is 5.70. The first-order valence-corrected chi connectivity index (χ1v) is 8.68. The lowest BCUT2D eigenvalue weighted by Crippen LogP contribution is -2.55. The van der Waals surface area contributed by atoms with E-state index in [2.05, 4.69) is 9.88 Å². The van der Waals surface area contributed by atoms with Crippen LogP contribution in [0.15, 0.2) is 18.3 Å². The molecule has 2 saturated heterocycles. The topological polar surface area (TPSA) is 75.2 Å². The molecule has 8 nitrogen and oxygen atoms in total. The third-order valence-electron chi connectivity index (χ3n) is 4.41. The zero-order valence-corrected chi connectivity index (χ0v) is 14.5. The molecule has 0 spiro atoms. The van der Waals surface area contributed by atoms with Gasteiger partial charge in [0.15, 0.2) is 0 Å². The first-order valence-electron chi connectivity index (χ1n) is 8.68. The summed E-state index contributed by atoms with van der Waals surface area (Å²) in [4.78, 5) is 34.4. The van der Waals surface area contributed by atoms with E-state index in [1.165, 1.54) is 0 Å². The summed E-state index contributed by atoms with van der Waals surface area (Å²) in [7, 11) is 0. The van der Waals surface area contributed by atoms with Crippen LogP contribution in [0, 0.1) is 0 Å². The van der Waals surface area contributed by atoms with Crippen molar-refractivity contribution in [2.45, 2.75) is 6.92 Å². The van der Waals surface area contributed by atoms with Crippen molar-refractivity contribution < 1.29 is 19.1 Å². The van der Waals surface area contributed by atoms with E-state index < -0.39 is 0 Å². The van der Waals surface area contributed by atoms with Gasteiger partial charge in [-0.15, -0.1) is 0 Å². The van der Waals surface area contributed by atoms with E-state index in [-0.39, 0.29) is 12.0 Å². The minimum absolute atomic E-state index is 0.0913. The minimum Gasteiger partial charge on any atom is -0.462 e. The number of esters is 1. The number of carbonyl (C=O) groups excluding carboxylic acids is 2. The summed E-state index contributed by atoms with van der Waals surface area (Å²) < 4.78 is 10.3. The first kappa shape index (κ1) is 17.5. The molecule has 0 radical (unpaired) electrons. The number of urea groups is 1. The molecule has 3 heterocycles. The van der Waals surface area contributed by atoms with Crippen LogP contribution >= 0.6 is 0 Å². The molecule has 1 aromatic heterocycles. The highest BCUT2D eigenvalue weighted by Gasteiger charge is 2.26. The molecule has 136 valence electrons. The van der Waals surface area contributed by atoms with Gasteiger partial charge in [-0.1, -0.05) is 0 Å². The molecule has 2 aliphatic rings. The van der Waals surface area contributed by atoms with Gasteiger partial charge in [-0.2, -0.15) is 0 Å². The highest BCUT2D eigenvalue weighted by molar-refractivity contribution is 5.89. The monoisotopic (exact) mass is 348 g/mol. The molecule has 0 aliphatic carbocycles. The predicted molar refractivity (Wildman–Crippen MR) is 91.8 cm³/mol. The number of hydrogen-bond donors (Lipinski definition) is 0. The molecule has 0 aromatic carbocycles. The highest BCUT2D eigenvalue weighted by Crippen LogP contribution is 2.16. The van der Waals surface area contributed by atoms with Crippen molar-refractivity contribution >= 4 is 17.8 Å². The van der Waals surface area contributed by atoms with Crippen LogP contribution < -0.4 is 4.90 Å². The van der Waals surface area contributed by atoms with E-state index in [9.17, 15) is 9.59 Å². The van der Waals surface area contributed by atoms with Crippen molar-refractivity contribution in [2.75, 3.05) is 64.0 Å². The second-order valence-electron chi connectivity index (χ2n) is 5.98. The van der Waals surface area contributed by atoms with Crippen LogP contribution in [0.4, 0.5) is 10.6 Å². The van der Waals surface area contributed by atoms with Crippen LogP contribution in [0.3, 0.4) is 0 Å². The molecule has 2 aliphatic heterocycles. The summed E-state index contributed by atoms with van der Waals surface area (Å²) >= 11 is 0. The summed E-state index contributed by atoms with van der Waals surface area (Å²) in [5.74, 6) is 0.453. The van der Waals surface area contributed by atoms with Gasteiger partial charge in [0.05, 0.1) is 25.4 Å². The second kappa shape index (κ2) is 8.15. The summed E-state index contributed by atoms with van der Waals surface area (Å²) in [5.41, 5.74) is 0.451. The number of anilines is 1. The summed E-state index contributed by atoms with van der Waals surface area (Å²) in [6.07, 6.45) is 1.54. The maximum atomic E-state index is 12.5. The number of amides is 2. The normalized spacial score (nSPS) is 18.2. The molecule has 8 heteroatoms. The number of hydrogen-bond acceptors (Lipinski definition) is 6. The molecule has 3 rings (SSSR count). The number of morpholine rings is 1. The molecule has 25 heavy (non-hydrogen) atoms. The minimum atomic E-state index is -0.359. The highest BCUT2D eigenvalue weighted by atomic mass is 16.5. The van der Waals surface area contributed by atoms with Crippen LogP contribution in [-0.4, -0.2) is 85.9 Å². The van der Waals surface area contributed by atoms with Gasteiger partial charge >= 0.3 is 12.0 Å². The van der Waals surface area contributed by atoms with Gasteiger partial charge in [-0.25, -0.2) is 14.6 Å². The van der Waals surface area contributed by atoms with E-state index in [0.29, 0.717) is 51.6 Å². The smallest absolute Gasteiger partial charge is 0.339 e. The zero-order chi connectivity index (χ0) is 17.6. The Hall–Kier alpha value is -2.35. The van der Waals surface area contributed by atoms with Crippen molar-refractivity contribution in [1.29, 1.82) is 0 Å². The van der Waals surface area contributed by atoms with E-state index in [1.54, 1.807) is 19.2 Å². The van der Waals surface area contributed by atoms with E-state index >= 15 is 0 Å². The fourth-order valence-electron chi connectivity index (χ4n) is 2.99. The van der Waals surface area contributed by atoms with Gasteiger partial charge in [0, 0.05) is 45.5 Å². The number of rotatable bonds is 3. The van der Waals surface area contributed by atoms with Crippen molar-refractivity contribution in [3.63, 3.8) is 0 Å². The fourth-order valence-corrected chi connectivity index (χ4v) is 2.99. The van der Waals surface area contributed by atoms with Gasteiger partial charge in [-0.05, 0) is 19.1 Å². The molecule has 0 saturated carbocycles. The predicted octanol–water partition coefficient (Wildman–Crippen LogP) is 0.833. The van der Waals surface area contributed by atoms with Crippen LogP contribution in [0.1, 0.15) is 17.3 Å². The number of carbonyl (C=O) groups is 2. The van der Waals surface area contributed by atoms with Crippen molar-refractivity contribution in [2.24, 2.45) is 0 Å². The van der Waals surface area contributed by atoms with Gasteiger partial charge in [0.2, 0.25) is 0 Å². The van der Waals surface area contributed by atoms with Crippen molar-refractivity contribution in [3.8, 4) is 0 Å². The lowest BCUT2D eigenvalue weighted by atomic mass is 10.2. The van der Waals surface area contributed by atoms with E-state index in [0.717, 1.165) is 18.9 Å². The summed E-state index contributed by atoms with van der Waals surface area (Å²) in [5, 5.41) is 0. The Morgan fingerprint density at radius 3 is 2.36 bits per heavy atom. The number of pyridine rings is 1. The molecule has 0 N–H and O–H groups in total. The Labute approximate surface area is 147 Å². The Morgan fingerprint density at radius 1 is 1.08 bits per heavy atom. The van der Waals surface area contributed by atoms with Crippen LogP contribution in [0.2, 0.25) is 0 Å². The van der Waals surface area contributed by atoms with Crippen LogP contribution in [-0.2, 0) is 9.47 Å². The second-order valence-corrected chi connectivity index (χ2v) is 5.98.